The van der Waals surface area contributed by atoms with Crippen LogP contribution in [0.15, 0.2) is 83.8 Å². The van der Waals surface area contributed by atoms with Crippen LogP contribution < -0.4 is 20.9 Å². The second kappa shape index (κ2) is 10.1. The summed E-state index contributed by atoms with van der Waals surface area (Å²) in [5, 5.41) is 15.8. The molecule has 1 aromatic heterocycles. The maximum absolute atomic E-state index is 12.9. The molecule has 0 spiro atoms. The van der Waals surface area contributed by atoms with E-state index in [9.17, 15) is 9.59 Å². The largest absolute Gasteiger partial charge is 0.478 e. The van der Waals surface area contributed by atoms with Gasteiger partial charge in [0.15, 0.2) is 0 Å². The maximum Gasteiger partial charge on any atom is 0.335 e. The van der Waals surface area contributed by atoms with E-state index in [2.05, 4.69) is 15.6 Å². The van der Waals surface area contributed by atoms with E-state index in [-0.39, 0.29) is 11.1 Å². The van der Waals surface area contributed by atoms with Gasteiger partial charge in [-0.15, -0.1) is 0 Å². The average molecular weight is 477 g/mol. The van der Waals surface area contributed by atoms with E-state index in [1.165, 1.54) is 22.9 Å². The molecule has 3 N–H and O–H groups in total. The topological polar surface area (TPSA) is 105 Å². The highest BCUT2D eigenvalue weighted by molar-refractivity contribution is 6.30. The number of rotatable bonds is 8. The molecule has 0 aliphatic carbocycles. The molecule has 0 atom stereocenters. The Labute approximate surface area is 200 Å². The molecular formula is C25H21ClN4O4. The zero-order chi connectivity index (χ0) is 24.1. The highest BCUT2D eigenvalue weighted by Crippen LogP contribution is 2.25. The number of halogens is 1. The van der Waals surface area contributed by atoms with Crippen LogP contribution in [-0.2, 0) is 6.54 Å². The molecule has 0 bridgehead atoms. The molecule has 0 aliphatic rings. The van der Waals surface area contributed by atoms with Gasteiger partial charge >= 0.3 is 5.97 Å². The molecule has 4 rings (SSSR count). The van der Waals surface area contributed by atoms with Crippen LogP contribution in [0.4, 0.5) is 17.3 Å². The van der Waals surface area contributed by atoms with Crippen molar-refractivity contribution in [2.24, 2.45) is 0 Å². The highest BCUT2D eigenvalue weighted by atomic mass is 35.5. The Hall–Kier alpha value is -4.30. The zero-order valence-corrected chi connectivity index (χ0v) is 18.9. The number of nitrogens with zero attached hydrogens (tertiary/aromatic N) is 2. The van der Waals surface area contributed by atoms with Crippen molar-refractivity contribution in [2.75, 3.05) is 17.7 Å². The lowest BCUT2D eigenvalue weighted by molar-refractivity contribution is 0.0696. The Morgan fingerprint density at radius 1 is 1.06 bits per heavy atom. The van der Waals surface area contributed by atoms with E-state index in [0.29, 0.717) is 40.4 Å². The molecule has 0 fully saturated rings. The fraction of sp³-hybridized carbons (Fsp3) is 0.0800. The van der Waals surface area contributed by atoms with E-state index >= 15 is 0 Å². The van der Waals surface area contributed by atoms with Gasteiger partial charge in [-0.05, 0) is 60.2 Å². The predicted octanol–water partition coefficient (Wildman–Crippen LogP) is 5.22. The zero-order valence-electron chi connectivity index (χ0n) is 18.2. The lowest BCUT2D eigenvalue weighted by Gasteiger charge is -2.15. The Kier molecular flexibility index (Phi) is 6.79. The number of carboxylic acids is 1. The van der Waals surface area contributed by atoms with E-state index in [4.69, 9.17) is 21.4 Å². The molecule has 0 amide bonds. The number of carbonyl (C=O) groups is 1. The third kappa shape index (κ3) is 5.36. The van der Waals surface area contributed by atoms with Gasteiger partial charge in [0.2, 0.25) is 5.95 Å². The highest BCUT2D eigenvalue weighted by Gasteiger charge is 2.11. The molecule has 0 unspecified atom stereocenters. The normalized spacial score (nSPS) is 10.5. The number of hydrogen-bond acceptors (Lipinski definition) is 6. The van der Waals surface area contributed by atoms with Crippen molar-refractivity contribution in [1.82, 2.24) is 9.55 Å². The molecule has 0 saturated heterocycles. The number of carboxylic acid groups (broad SMARTS) is 1. The maximum atomic E-state index is 12.9. The average Bonchev–Trinajstić information content (AvgIpc) is 2.84. The van der Waals surface area contributed by atoms with Crippen LogP contribution in [-0.4, -0.2) is 27.7 Å². The smallest absolute Gasteiger partial charge is 0.335 e. The van der Waals surface area contributed by atoms with Crippen molar-refractivity contribution in [3.63, 3.8) is 0 Å². The predicted molar refractivity (Wildman–Crippen MR) is 132 cm³/mol. The number of benzene rings is 3. The standard InChI is InChI=1S/C25H21ClN4O4/c1-27-22-14-28-25(30(23(22)31)15-16-5-7-18(26)8-6-16)29-19-9-11-20(12-10-19)34-21-4-2-3-17(13-21)24(32)33/h2-14,27H,15H2,1H3,(H,28,29)(H,32,33). The number of anilines is 3. The summed E-state index contributed by atoms with van der Waals surface area (Å²) in [6.45, 7) is 0.308. The molecular weight excluding hydrogens is 456 g/mol. The van der Waals surface area contributed by atoms with Crippen LogP contribution in [0.25, 0.3) is 0 Å². The van der Waals surface area contributed by atoms with Crippen molar-refractivity contribution in [2.45, 2.75) is 6.54 Å². The summed E-state index contributed by atoms with van der Waals surface area (Å²) in [4.78, 5) is 28.5. The van der Waals surface area contributed by atoms with Crippen molar-refractivity contribution < 1.29 is 14.6 Å². The summed E-state index contributed by atoms with van der Waals surface area (Å²) in [6.07, 6.45) is 1.48. The van der Waals surface area contributed by atoms with Crippen molar-refractivity contribution >= 4 is 34.9 Å². The minimum absolute atomic E-state index is 0.144. The molecule has 0 aliphatic heterocycles. The molecule has 4 aromatic rings. The van der Waals surface area contributed by atoms with E-state index in [1.54, 1.807) is 55.6 Å². The van der Waals surface area contributed by atoms with Gasteiger partial charge in [-0.1, -0.05) is 29.8 Å². The molecule has 8 nitrogen and oxygen atoms in total. The van der Waals surface area contributed by atoms with Gasteiger partial charge in [0.25, 0.3) is 5.56 Å². The molecule has 0 radical (unpaired) electrons. The van der Waals surface area contributed by atoms with Gasteiger partial charge in [-0.3, -0.25) is 9.36 Å². The molecule has 0 saturated carbocycles. The Morgan fingerprint density at radius 3 is 2.47 bits per heavy atom. The lowest BCUT2D eigenvalue weighted by atomic mass is 10.2. The first kappa shape index (κ1) is 22.9. The lowest BCUT2D eigenvalue weighted by Crippen LogP contribution is -2.26. The first-order valence-corrected chi connectivity index (χ1v) is 10.7. The third-order valence-electron chi connectivity index (χ3n) is 5.00. The minimum Gasteiger partial charge on any atom is -0.478 e. The van der Waals surface area contributed by atoms with Crippen molar-refractivity contribution in [3.05, 3.63) is 105 Å². The number of aromatic nitrogens is 2. The van der Waals surface area contributed by atoms with E-state index < -0.39 is 5.97 Å². The second-order valence-corrected chi connectivity index (χ2v) is 7.78. The third-order valence-corrected chi connectivity index (χ3v) is 5.25. The van der Waals surface area contributed by atoms with Crippen LogP contribution in [0, 0.1) is 0 Å². The second-order valence-electron chi connectivity index (χ2n) is 7.35. The Bertz CT molecular complexity index is 1370. The van der Waals surface area contributed by atoms with Gasteiger partial charge in [0, 0.05) is 17.8 Å². The SMILES string of the molecule is CNc1cnc(Nc2ccc(Oc3cccc(C(=O)O)c3)cc2)n(Cc2ccc(Cl)cc2)c1=O. The van der Waals surface area contributed by atoms with Crippen molar-refractivity contribution in [1.29, 1.82) is 0 Å². The number of ether oxygens (including phenoxy) is 1. The molecule has 172 valence electrons. The van der Waals surface area contributed by atoms with Gasteiger partial charge in [-0.25, -0.2) is 9.78 Å². The fourth-order valence-electron chi connectivity index (χ4n) is 3.25. The van der Waals surface area contributed by atoms with Crippen LogP contribution >= 0.6 is 11.6 Å². The van der Waals surface area contributed by atoms with E-state index in [0.717, 1.165) is 5.56 Å². The first-order chi connectivity index (χ1) is 16.4. The Morgan fingerprint density at radius 2 is 1.79 bits per heavy atom. The summed E-state index contributed by atoms with van der Waals surface area (Å²) >= 11 is 5.98. The summed E-state index contributed by atoms with van der Waals surface area (Å²) in [5.41, 5.74) is 1.91. The number of nitrogens with one attached hydrogen (secondary N) is 2. The van der Waals surface area contributed by atoms with Crippen molar-refractivity contribution in [3.8, 4) is 11.5 Å². The van der Waals surface area contributed by atoms with Gasteiger partial charge < -0.3 is 20.5 Å². The van der Waals surface area contributed by atoms with Crippen LogP contribution in [0.2, 0.25) is 5.02 Å². The quantitative estimate of drug-likeness (QED) is 0.320. The molecule has 1 heterocycles. The van der Waals surface area contributed by atoms with Gasteiger partial charge in [0.05, 0.1) is 18.3 Å². The minimum atomic E-state index is -1.02. The van der Waals surface area contributed by atoms with Gasteiger partial charge in [0.1, 0.15) is 17.2 Å². The molecule has 34 heavy (non-hydrogen) atoms. The molecule has 9 heteroatoms. The number of aromatic carboxylic acids is 1. The van der Waals surface area contributed by atoms with Crippen LogP contribution in [0.3, 0.4) is 0 Å². The van der Waals surface area contributed by atoms with E-state index in [1.807, 2.05) is 12.1 Å². The van der Waals surface area contributed by atoms with Crippen LogP contribution in [0.5, 0.6) is 11.5 Å². The number of hydrogen-bond donors (Lipinski definition) is 3. The first-order valence-electron chi connectivity index (χ1n) is 10.3. The summed E-state index contributed by atoms with van der Waals surface area (Å²) < 4.78 is 7.29. The fourth-order valence-corrected chi connectivity index (χ4v) is 3.37. The van der Waals surface area contributed by atoms with Gasteiger partial charge in [-0.2, -0.15) is 0 Å². The monoisotopic (exact) mass is 476 g/mol. The molecule has 3 aromatic carbocycles. The van der Waals surface area contributed by atoms with Crippen LogP contribution in [0.1, 0.15) is 15.9 Å². The Balaban J connectivity index is 1.55. The summed E-state index contributed by atoms with van der Waals surface area (Å²) in [6, 6.07) is 20.5. The summed E-state index contributed by atoms with van der Waals surface area (Å²) in [5.74, 6) is 0.306. The summed E-state index contributed by atoms with van der Waals surface area (Å²) in [7, 11) is 1.67.